The van der Waals surface area contributed by atoms with Crippen molar-refractivity contribution in [2.24, 2.45) is 0 Å². The Morgan fingerprint density at radius 2 is 1.84 bits per heavy atom. The van der Waals surface area contributed by atoms with E-state index in [1.54, 1.807) is 30.1 Å². The summed E-state index contributed by atoms with van der Waals surface area (Å²) in [6, 6.07) is 14.2. The topological polar surface area (TPSA) is 66.8 Å². The second kappa shape index (κ2) is 8.33. The summed E-state index contributed by atoms with van der Waals surface area (Å²) in [7, 11) is 1.71. The molecule has 0 heterocycles. The predicted molar refractivity (Wildman–Crippen MR) is 95.8 cm³/mol. The molecule has 0 aliphatic carbocycles. The summed E-state index contributed by atoms with van der Waals surface area (Å²) >= 11 is 0. The van der Waals surface area contributed by atoms with Gasteiger partial charge in [-0.1, -0.05) is 30.3 Å². The molecule has 0 radical (unpaired) electrons. The Bertz CT molecular complexity index is 755. The number of rotatable bonds is 7. The van der Waals surface area contributed by atoms with Gasteiger partial charge in [0.25, 0.3) is 0 Å². The molecule has 25 heavy (non-hydrogen) atoms. The van der Waals surface area contributed by atoms with Crippen LogP contribution in [0.5, 0.6) is 5.75 Å². The average Bonchev–Trinajstić information content (AvgIpc) is 2.54. The molecule has 132 valence electrons. The maximum atomic E-state index is 12.5. The van der Waals surface area contributed by atoms with Crippen LogP contribution < -0.4 is 4.74 Å². The monoisotopic (exact) mass is 341 g/mol. The number of benzene rings is 2. The first-order valence-corrected chi connectivity index (χ1v) is 8.17. The third-order valence-electron chi connectivity index (χ3n) is 3.71. The SMILES string of the molecule is CC(C)Oc1cccc(CN(C)C(=O)Cc2ccccc2C(=O)O)c1. The molecule has 0 saturated heterocycles. The summed E-state index contributed by atoms with van der Waals surface area (Å²) in [5, 5.41) is 9.22. The number of carboxylic acid groups (broad SMARTS) is 1. The molecule has 2 rings (SSSR count). The lowest BCUT2D eigenvalue weighted by Gasteiger charge is -2.19. The number of aromatic carboxylic acids is 1. The first-order chi connectivity index (χ1) is 11.9. The largest absolute Gasteiger partial charge is 0.491 e. The Morgan fingerprint density at radius 1 is 1.12 bits per heavy atom. The Morgan fingerprint density at radius 3 is 2.52 bits per heavy atom. The second-order valence-electron chi connectivity index (χ2n) is 6.20. The number of carbonyl (C=O) groups is 2. The number of amides is 1. The number of likely N-dealkylation sites (N-methyl/N-ethyl adjacent to an activating group) is 1. The van der Waals surface area contributed by atoms with Crippen LogP contribution in [0.15, 0.2) is 48.5 Å². The van der Waals surface area contributed by atoms with Crippen LogP contribution in [0.3, 0.4) is 0 Å². The minimum atomic E-state index is -1.02. The van der Waals surface area contributed by atoms with Crippen LogP contribution in [0.1, 0.15) is 35.3 Å². The molecule has 1 N–H and O–H groups in total. The van der Waals surface area contributed by atoms with Crippen molar-refractivity contribution in [1.29, 1.82) is 0 Å². The third kappa shape index (κ3) is 5.35. The fourth-order valence-corrected chi connectivity index (χ4v) is 2.53. The molecule has 0 spiro atoms. The fourth-order valence-electron chi connectivity index (χ4n) is 2.53. The highest BCUT2D eigenvalue weighted by atomic mass is 16.5. The lowest BCUT2D eigenvalue weighted by molar-refractivity contribution is -0.129. The van der Waals surface area contributed by atoms with Crippen molar-refractivity contribution in [3.8, 4) is 5.75 Å². The van der Waals surface area contributed by atoms with Gasteiger partial charge in [-0.3, -0.25) is 4.79 Å². The van der Waals surface area contributed by atoms with Crippen LogP contribution in [0.25, 0.3) is 0 Å². The highest BCUT2D eigenvalue weighted by Gasteiger charge is 2.15. The highest BCUT2D eigenvalue weighted by molar-refractivity contribution is 5.91. The quantitative estimate of drug-likeness (QED) is 0.838. The predicted octanol–water partition coefficient (Wildman–Crippen LogP) is 3.37. The smallest absolute Gasteiger partial charge is 0.335 e. The molecule has 2 aromatic carbocycles. The number of hydrogen-bond acceptors (Lipinski definition) is 3. The van der Waals surface area contributed by atoms with Gasteiger partial charge in [0.15, 0.2) is 0 Å². The number of ether oxygens (including phenoxy) is 1. The van der Waals surface area contributed by atoms with E-state index in [4.69, 9.17) is 4.74 Å². The van der Waals surface area contributed by atoms with Crippen LogP contribution >= 0.6 is 0 Å². The van der Waals surface area contributed by atoms with Crippen molar-refractivity contribution in [1.82, 2.24) is 4.90 Å². The summed E-state index contributed by atoms with van der Waals surface area (Å²) < 4.78 is 5.67. The molecule has 0 saturated carbocycles. The Kier molecular flexibility index (Phi) is 6.17. The van der Waals surface area contributed by atoms with E-state index in [0.717, 1.165) is 11.3 Å². The molecule has 0 fully saturated rings. The van der Waals surface area contributed by atoms with Crippen molar-refractivity contribution in [2.45, 2.75) is 32.9 Å². The van der Waals surface area contributed by atoms with E-state index in [1.807, 2.05) is 38.1 Å². The molecule has 0 aliphatic heterocycles. The van der Waals surface area contributed by atoms with Crippen LogP contribution in [0.4, 0.5) is 0 Å². The molecule has 2 aromatic rings. The van der Waals surface area contributed by atoms with Crippen LogP contribution in [-0.2, 0) is 17.8 Å². The van der Waals surface area contributed by atoms with Gasteiger partial charge in [0.05, 0.1) is 18.1 Å². The first kappa shape index (κ1) is 18.5. The molecule has 5 nitrogen and oxygen atoms in total. The van der Waals surface area contributed by atoms with E-state index in [2.05, 4.69) is 0 Å². The third-order valence-corrected chi connectivity index (χ3v) is 3.71. The lowest BCUT2D eigenvalue weighted by atomic mass is 10.0. The van der Waals surface area contributed by atoms with Gasteiger partial charge >= 0.3 is 5.97 Å². The zero-order chi connectivity index (χ0) is 18.4. The molecule has 0 aliphatic rings. The van der Waals surface area contributed by atoms with Crippen molar-refractivity contribution in [3.05, 3.63) is 65.2 Å². The van der Waals surface area contributed by atoms with Crippen molar-refractivity contribution >= 4 is 11.9 Å². The van der Waals surface area contributed by atoms with Crippen molar-refractivity contribution < 1.29 is 19.4 Å². The maximum Gasteiger partial charge on any atom is 0.335 e. The van der Waals surface area contributed by atoms with E-state index in [1.165, 1.54) is 6.07 Å². The number of nitrogens with zero attached hydrogens (tertiary/aromatic N) is 1. The van der Waals surface area contributed by atoms with Gasteiger partial charge in [-0.2, -0.15) is 0 Å². The molecule has 0 unspecified atom stereocenters. The standard InChI is InChI=1S/C20H23NO4/c1-14(2)25-17-9-6-7-15(11-17)13-21(3)19(22)12-16-8-4-5-10-18(16)20(23)24/h4-11,14H,12-13H2,1-3H3,(H,23,24). The van der Waals surface area contributed by atoms with E-state index in [-0.39, 0.29) is 24.0 Å². The number of carbonyl (C=O) groups excluding carboxylic acids is 1. The Balaban J connectivity index is 2.05. The maximum absolute atomic E-state index is 12.5. The molecular weight excluding hydrogens is 318 g/mol. The molecule has 0 aromatic heterocycles. The van der Waals surface area contributed by atoms with E-state index in [0.29, 0.717) is 12.1 Å². The van der Waals surface area contributed by atoms with E-state index < -0.39 is 5.97 Å². The van der Waals surface area contributed by atoms with Gasteiger partial charge in [0, 0.05) is 13.6 Å². The zero-order valence-corrected chi connectivity index (χ0v) is 14.7. The fraction of sp³-hybridized carbons (Fsp3) is 0.300. The van der Waals surface area contributed by atoms with Gasteiger partial charge in [0.1, 0.15) is 5.75 Å². The van der Waals surface area contributed by atoms with E-state index >= 15 is 0 Å². The van der Waals surface area contributed by atoms with Crippen LogP contribution in [0, 0.1) is 0 Å². The molecule has 1 amide bonds. The van der Waals surface area contributed by atoms with Gasteiger partial charge in [-0.25, -0.2) is 4.79 Å². The van der Waals surface area contributed by atoms with E-state index in [9.17, 15) is 14.7 Å². The summed E-state index contributed by atoms with van der Waals surface area (Å²) in [4.78, 5) is 25.3. The summed E-state index contributed by atoms with van der Waals surface area (Å²) in [5.74, 6) is -0.391. The molecule has 0 atom stereocenters. The minimum Gasteiger partial charge on any atom is -0.491 e. The molecular formula is C20H23NO4. The average molecular weight is 341 g/mol. The van der Waals surface area contributed by atoms with Gasteiger partial charge < -0.3 is 14.7 Å². The number of carboxylic acids is 1. The summed E-state index contributed by atoms with van der Waals surface area (Å²) in [6.07, 6.45) is 0.142. The normalized spacial score (nSPS) is 10.6. The zero-order valence-electron chi connectivity index (χ0n) is 14.7. The summed E-state index contributed by atoms with van der Waals surface area (Å²) in [6.45, 7) is 4.35. The van der Waals surface area contributed by atoms with Gasteiger partial charge in [-0.15, -0.1) is 0 Å². The van der Waals surface area contributed by atoms with Gasteiger partial charge in [0.2, 0.25) is 5.91 Å². The Hall–Kier alpha value is -2.82. The van der Waals surface area contributed by atoms with Crippen LogP contribution in [-0.4, -0.2) is 35.0 Å². The molecule has 5 heteroatoms. The minimum absolute atomic E-state index is 0.0567. The highest BCUT2D eigenvalue weighted by Crippen LogP contribution is 2.17. The molecule has 0 bridgehead atoms. The summed E-state index contributed by atoms with van der Waals surface area (Å²) in [5.41, 5.74) is 1.64. The lowest BCUT2D eigenvalue weighted by Crippen LogP contribution is -2.28. The van der Waals surface area contributed by atoms with Crippen LogP contribution in [0.2, 0.25) is 0 Å². The van der Waals surface area contributed by atoms with Gasteiger partial charge in [-0.05, 0) is 43.2 Å². The number of hydrogen-bond donors (Lipinski definition) is 1. The van der Waals surface area contributed by atoms with Crippen molar-refractivity contribution in [3.63, 3.8) is 0 Å². The Labute approximate surface area is 147 Å². The second-order valence-corrected chi connectivity index (χ2v) is 6.20. The van der Waals surface area contributed by atoms with Crippen molar-refractivity contribution in [2.75, 3.05) is 7.05 Å². The first-order valence-electron chi connectivity index (χ1n) is 8.17.